The van der Waals surface area contributed by atoms with Gasteiger partial charge in [0.15, 0.2) is 0 Å². The minimum absolute atomic E-state index is 0.336. The van der Waals surface area contributed by atoms with Crippen molar-refractivity contribution in [3.05, 3.63) is 18.3 Å². The summed E-state index contributed by atoms with van der Waals surface area (Å²) in [7, 11) is 0. The molecule has 61 valence electrons. The van der Waals surface area contributed by atoms with Crippen molar-refractivity contribution in [2.45, 2.75) is 13.3 Å². The van der Waals surface area contributed by atoms with E-state index in [0.29, 0.717) is 25.7 Å². The van der Waals surface area contributed by atoms with Crippen molar-refractivity contribution in [1.82, 2.24) is 0 Å². The summed E-state index contributed by atoms with van der Waals surface area (Å²) in [5, 5.41) is 0. The molecule has 0 saturated heterocycles. The Morgan fingerprint density at radius 3 is 3.09 bits per heavy atom. The Hall–Kier alpha value is -0.830. The van der Waals surface area contributed by atoms with E-state index in [-0.39, 0.29) is 5.97 Å². The van der Waals surface area contributed by atoms with Crippen molar-refractivity contribution < 1.29 is 14.3 Å². The molecule has 0 aromatic carbocycles. The molecule has 1 aliphatic heterocycles. The smallest absolute Gasteiger partial charge is 0.342 e. The van der Waals surface area contributed by atoms with Gasteiger partial charge in [0.25, 0.3) is 0 Å². The molecule has 1 rings (SSSR count). The largest absolute Gasteiger partial charge is 0.464 e. The van der Waals surface area contributed by atoms with Crippen LogP contribution in [-0.2, 0) is 14.3 Å². The molecule has 0 aliphatic carbocycles. The fraction of sp³-hybridized carbons (Fsp3) is 0.500. The van der Waals surface area contributed by atoms with E-state index < -0.39 is 0 Å². The summed E-state index contributed by atoms with van der Waals surface area (Å²) in [5.74, 6) is -0.336. The van der Waals surface area contributed by atoms with Crippen molar-refractivity contribution in [2.75, 3.05) is 13.2 Å². The van der Waals surface area contributed by atoms with Gasteiger partial charge in [-0.25, -0.2) is 4.79 Å². The van der Waals surface area contributed by atoms with Crippen LogP contribution >= 0.6 is 0 Å². The molecule has 0 atom stereocenters. The number of carbonyl (C=O) groups excluding carboxylic acids is 1. The van der Waals surface area contributed by atoms with Crippen LogP contribution in [0.15, 0.2) is 12.2 Å². The first-order valence-electron chi connectivity index (χ1n) is 3.65. The predicted octanol–water partition coefficient (Wildman–Crippen LogP) is 1.06. The van der Waals surface area contributed by atoms with Gasteiger partial charge in [-0.15, -0.1) is 0 Å². The molecular weight excluding hydrogens is 144 g/mol. The van der Waals surface area contributed by atoms with Gasteiger partial charge in [-0.1, -0.05) is 12.2 Å². The first kappa shape index (κ1) is 8.27. The van der Waals surface area contributed by atoms with Gasteiger partial charge in [0.1, 0.15) is 0 Å². The van der Waals surface area contributed by atoms with Crippen LogP contribution in [0, 0.1) is 6.10 Å². The number of carbonyl (C=O) groups is 1. The minimum Gasteiger partial charge on any atom is -0.464 e. The van der Waals surface area contributed by atoms with E-state index in [1.807, 2.05) is 12.2 Å². The molecule has 1 aliphatic rings. The molecule has 3 nitrogen and oxygen atoms in total. The average molecular weight is 155 g/mol. The lowest BCUT2D eigenvalue weighted by Crippen LogP contribution is -2.20. The second kappa shape index (κ2) is 4.13. The quantitative estimate of drug-likeness (QED) is 0.442. The summed E-state index contributed by atoms with van der Waals surface area (Å²) in [6.45, 7) is 2.65. The monoisotopic (exact) mass is 155 g/mol. The normalized spacial score (nSPS) is 18.3. The zero-order chi connectivity index (χ0) is 8.10. The highest BCUT2D eigenvalue weighted by molar-refractivity contribution is 5.83. The zero-order valence-electron chi connectivity index (χ0n) is 6.50. The first-order chi connectivity index (χ1) is 5.34. The van der Waals surface area contributed by atoms with Crippen LogP contribution in [0.25, 0.3) is 0 Å². The summed E-state index contributed by atoms with van der Waals surface area (Å²) in [4.78, 5) is 11.0. The fourth-order valence-corrected chi connectivity index (χ4v) is 0.820. The molecule has 0 aromatic heterocycles. The van der Waals surface area contributed by atoms with Crippen LogP contribution in [0.3, 0.4) is 0 Å². The third-order valence-corrected chi connectivity index (χ3v) is 1.33. The van der Waals surface area contributed by atoms with Crippen molar-refractivity contribution in [3.8, 4) is 0 Å². The molecule has 0 saturated carbocycles. The molecule has 0 amide bonds. The van der Waals surface area contributed by atoms with E-state index >= 15 is 0 Å². The summed E-state index contributed by atoms with van der Waals surface area (Å²) in [6, 6.07) is 0. The van der Waals surface area contributed by atoms with E-state index in [2.05, 4.69) is 0 Å². The van der Waals surface area contributed by atoms with Crippen LogP contribution in [-0.4, -0.2) is 19.2 Å². The van der Waals surface area contributed by atoms with E-state index in [9.17, 15) is 4.79 Å². The van der Waals surface area contributed by atoms with Crippen molar-refractivity contribution in [1.29, 1.82) is 0 Å². The van der Waals surface area contributed by atoms with Crippen LogP contribution in [0.5, 0.6) is 0 Å². The van der Waals surface area contributed by atoms with Crippen LogP contribution in [0.2, 0.25) is 0 Å². The third kappa shape index (κ3) is 2.35. The van der Waals surface area contributed by atoms with Gasteiger partial charge in [-0.3, -0.25) is 0 Å². The topological polar surface area (TPSA) is 35.5 Å². The Kier molecular flexibility index (Phi) is 3.11. The Morgan fingerprint density at radius 1 is 1.73 bits per heavy atom. The third-order valence-electron chi connectivity index (χ3n) is 1.33. The zero-order valence-corrected chi connectivity index (χ0v) is 6.50. The molecule has 0 aromatic rings. The maximum absolute atomic E-state index is 11.0. The maximum Gasteiger partial charge on any atom is 0.342 e. The summed E-state index contributed by atoms with van der Waals surface area (Å²) in [6.07, 6.45) is 4.74. The van der Waals surface area contributed by atoms with Gasteiger partial charge in [0, 0.05) is 6.42 Å². The lowest BCUT2D eigenvalue weighted by molar-refractivity contribution is -0.147. The molecule has 1 heterocycles. The van der Waals surface area contributed by atoms with Gasteiger partial charge < -0.3 is 9.47 Å². The number of hydrogen-bond acceptors (Lipinski definition) is 3. The molecule has 0 N–H and O–H groups in total. The Morgan fingerprint density at radius 2 is 2.55 bits per heavy atom. The molecule has 0 fully saturated rings. The van der Waals surface area contributed by atoms with Crippen LogP contribution in [0.4, 0.5) is 0 Å². The highest BCUT2D eigenvalue weighted by Gasteiger charge is 2.21. The average Bonchev–Trinajstić information content (AvgIpc) is 2.07. The van der Waals surface area contributed by atoms with Gasteiger partial charge in [0.2, 0.25) is 6.10 Å². The SMILES string of the molecule is CCOC(=O)[C]1CC=CCO1. The van der Waals surface area contributed by atoms with Crippen LogP contribution in [0.1, 0.15) is 13.3 Å². The number of ether oxygens (including phenoxy) is 2. The van der Waals surface area contributed by atoms with Gasteiger partial charge in [-0.05, 0) is 6.92 Å². The number of hydrogen-bond donors (Lipinski definition) is 0. The van der Waals surface area contributed by atoms with E-state index in [4.69, 9.17) is 9.47 Å². The Bertz CT molecular complexity index is 163. The van der Waals surface area contributed by atoms with Crippen LogP contribution < -0.4 is 0 Å². The van der Waals surface area contributed by atoms with Gasteiger partial charge in [-0.2, -0.15) is 0 Å². The fourth-order valence-electron chi connectivity index (χ4n) is 0.820. The molecule has 3 heteroatoms. The predicted molar refractivity (Wildman–Crippen MR) is 39.6 cm³/mol. The summed E-state index contributed by atoms with van der Waals surface area (Å²) < 4.78 is 9.79. The Labute approximate surface area is 66.0 Å². The first-order valence-corrected chi connectivity index (χ1v) is 3.65. The molecule has 1 radical (unpaired) electrons. The minimum atomic E-state index is -0.336. The molecule has 11 heavy (non-hydrogen) atoms. The molecule has 0 unspecified atom stereocenters. The van der Waals surface area contributed by atoms with Gasteiger partial charge in [0.05, 0.1) is 13.2 Å². The molecule has 0 spiro atoms. The van der Waals surface area contributed by atoms with Gasteiger partial charge >= 0.3 is 5.97 Å². The highest BCUT2D eigenvalue weighted by Crippen LogP contribution is 2.15. The van der Waals surface area contributed by atoms with E-state index in [1.165, 1.54) is 0 Å². The highest BCUT2D eigenvalue weighted by atomic mass is 16.6. The lowest BCUT2D eigenvalue weighted by Gasteiger charge is -2.14. The van der Waals surface area contributed by atoms with Crippen molar-refractivity contribution in [2.24, 2.45) is 0 Å². The summed E-state index contributed by atoms with van der Waals surface area (Å²) in [5.41, 5.74) is 0. The van der Waals surface area contributed by atoms with E-state index in [0.717, 1.165) is 0 Å². The summed E-state index contributed by atoms with van der Waals surface area (Å²) >= 11 is 0. The standard InChI is InChI=1S/C8H11O3/c1-2-10-8(9)7-5-3-4-6-11-7/h3-4H,2,5-6H2,1H3. The number of esters is 1. The Balaban J connectivity index is 2.34. The molecule has 0 bridgehead atoms. The lowest BCUT2D eigenvalue weighted by atomic mass is 10.2. The number of rotatable bonds is 2. The molecular formula is C8H11O3. The van der Waals surface area contributed by atoms with E-state index in [1.54, 1.807) is 6.92 Å². The van der Waals surface area contributed by atoms with Crippen molar-refractivity contribution in [3.63, 3.8) is 0 Å². The second-order valence-corrected chi connectivity index (χ2v) is 2.13. The second-order valence-electron chi connectivity index (χ2n) is 2.13. The van der Waals surface area contributed by atoms with Crippen molar-refractivity contribution >= 4 is 5.97 Å². The maximum atomic E-state index is 11.0.